The van der Waals surface area contributed by atoms with Crippen LogP contribution in [0.15, 0.2) is 30.3 Å². The fraction of sp³-hybridized carbons (Fsp3) is 0.538. The average molecular weight is 188 g/mol. The molecule has 2 aliphatic carbocycles. The van der Waals surface area contributed by atoms with Crippen molar-refractivity contribution in [3.05, 3.63) is 35.9 Å². The highest BCUT2D eigenvalue weighted by Gasteiger charge is 2.69. The van der Waals surface area contributed by atoms with Crippen LogP contribution < -0.4 is 0 Å². The van der Waals surface area contributed by atoms with E-state index in [1.54, 1.807) is 0 Å². The minimum absolute atomic E-state index is 0.119. The highest BCUT2D eigenvalue weighted by molar-refractivity contribution is 5.40. The molecule has 3 rings (SSSR count). The molecule has 0 heterocycles. The van der Waals surface area contributed by atoms with Gasteiger partial charge in [-0.25, -0.2) is 0 Å². The molecular formula is C13H16O. The first-order valence-corrected chi connectivity index (χ1v) is 5.47. The summed E-state index contributed by atoms with van der Waals surface area (Å²) in [5.74, 6) is 0.491. The lowest BCUT2D eigenvalue weighted by Gasteiger charge is -2.23. The van der Waals surface area contributed by atoms with Crippen LogP contribution in [0, 0.1) is 5.92 Å². The van der Waals surface area contributed by atoms with Crippen LogP contribution in [-0.2, 0) is 5.41 Å². The van der Waals surface area contributed by atoms with Gasteiger partial charge >= 0.3 is 0 Å². The molecule has 2 aliphatic rings. The molecule has 0 aliphatic heterocycles. The number of aliphatic hydroxyl groups is 1. The third kappa shape index (κ3) is 0.885. The second-order valence-corrected chi connectivity index (χ2v) is 4.98. The Morgan fingerprint density at radius 3 is 2.21 bits per heavy atom. The predicted molar refractivity (Wildman–Crippen MR) is 56.1 cm³/mol. The van der Waals surface area contributed by atoms with Crippen LogP contribution in [0.1, 0.15) is 31.7 Å². The zero-order valence-electron chi connectivity index (χ0n) is 8.53. The van der Waals surface area contributed by atoms with Gasteiger partial charge in [0.25, 0.3) is 0 Å². The van der Waals surface area contributed by atoms with Crippen LogP contribution >= 0.6 is 0 Å². The van der Waals surface area contributed by atoms with E-state index in [1.807, 2.05) is 6.07 Å². The van der Waals surface area contributed by atoms with E-state index >= 15 is 0 Å². The zero-order valence-corrected chi connectivity index (χ0v) is 8.53. The lowest BCUT2D eigenvalue weighted by molar-refractivity contribution is 0.0904. The Morgan fingerprint density at radius 1 is 1.21 bits per heavy atom. The van der Waals surface area contributed by atoms with Crippen molar-refractivity contribution in [2.24, 2.45) is 5.92 Å². The second-order valence-electron chi connectivity index (χ2n) is 4.98. The van der Waals surface area contributed by atoms with Crippen molar-refractivity contribution in [1.82, 2.24) is 0 Å². The molecule has 74 valence electrons. The summed E-state index contributed by atoms with van der Waals surface area (Å²) in [5, 5.41) is 10.4. The first-order chi connectivity index (χ1) is 6.69. The summed E-state index contributed by atoms with van der Waals surface area (Å²) in [6.45, 7) is 2.16. The molecule has 14 heavy (non-hydrogen) atoms. The Hall–Kier alpha value is -0.820. The fourth-order valence-electron chi connectivity index (χ4n) is 2.93. The number of hydrogen-bond acceptors (Lipinski definition) is 1. The monoisotopic (exact) mass is 188 g/mol. The van der Waals surface area contributed by atoms with Gasteiger partial charge in [-0.1, -0.05) is 37.3 Å². The van der Waals surface area contributed by atoms with Gasteiger partial charge in [0.05, 0.1) is 5.60 Å². The van der Waals surface area contributed by atoms with Crippen LogP contribution in [0.4, 0.5) is 0 Å². The molecule has 0 saturated heterocycles. The third-order valence-electron chi connectivity index (χ3n) is 4.18. The first kappa shape index (κ1) is 8.49. The lowest BCUT2D eigenvalue weighted by Crippen LogP contribution is -2.29. The minimum atomic E-state index is -0.381. The maximum Gasteiger partial charge on any atom is 0.0773 e. The Labute approximate surface area is 84.8 Å². The van der Waals surface area contributed by atoms with Gasteiger partial charge in [0.15, 0.2) is 0 Å². The van der Waals surface area contributed by atoms with Crippen molar-refractivity contribution in [2.45, 2.75) is 37.2 Å². The molecule has 1 N–H and O–H groups in total. The van der Waals surface area contributed by atoms with Crippen LogP contribution in [0.2, 0.25) is 0 Å². The molecule has 1 heteroatoms. The summed E-state index contributed by atoms with van der Waals surface area (Å²) in [5.41, 5.74) is 1.08. The van der Waals surface area contributed by atoms with Crippen molar-refractivity contribution in [2.75, 3.05) is 0 Å². The Balaban J connectivity index is 1.99. The van der Waals surface area contributed by atoms with Gasteiger partial charge in [-0.15, -0.1) is 0 Å². The highest BCUT2D eigenvalue weighted by Crippen LogP contribution is 2.67. The van der Waals surface area contributed by atoms with Gasteiger partial charge in [-0.05, 0) is 30.7 Å². The topological polar surface area (TPSA) is 20.2 Å². The maximum atomic E-state index is 10.4. The Kier molecular flexibility index (Phi) is 1.46. The molecule has 0 bridgehead atoms. The van der Waals surface area contributed by atoms with E-state index in [-0.39, 0.29) is 11.0 Å². The van der Waals surface area contributed by atoms with Gasteiger partial charge < -0.3 is 5.11 Å². The Morgan fingerprint density at radius 2 is 1.79 bits per heavy atom. The summed E-state index contributed by atoms with van der Waals surface area (Å²) in [6.07, 6.45) is 3.32. The van der Waals surface area contributed by atoms with E-state index < -0.39 is 0 Å². The van der Waals surface area contributed by atoms with Crippen molar-refractivity contribution < 1.29 is 5.11 Å². The van der Waals surface area contributed by atoms with Crippen LogP contribution in [0.5, 0.6) is 0 Å². The number of rotatable bonds is 2. The van der Waals surface area contributed by atoms with E-state index in [9.17, 15) is 5.11 Å². The van der Waals surface area contributed by atoms with Crippen molar-refractivity contribution in [3.8, 4) is 0 Å². The molecule has 0 spiro atoms. The van der Waals surface area contributed by atoms with Gasteiger partial charge in [0.2, 0.25) is 0 Å². The summed E-state index contributed by atoms with van der Waals surface area (Å²) in [6, 6.07) is 10.5. The van der Waals surface area contributed by atoms with Crippen LogP contribution in [0.25, 0.3) is 0 Å². The quantitative estimate of drug-likeness (QED) is 0.756. The second kappa shape index (κ2) is 2.40. The minimum Gasteiger partial charge on any atom is -0.389 e. The largest absolute Gasteiger partial charge is 0.389 e. The summed E-state index contributed by atoms with van der Waals surface area (Å²) < 4.78 is 0. The molecule has 0 amide bonds. The van der Waals surface area contributed by atoms with E-state index in [0.717, 1.165) is 19.3 Å². The number of benzene rings is 1. The van der Waals surface area contributed by atoms with E-state index in [0.29, 0.717) is 5.92 Å². The fourth-order valence-corrected chi connectivity index (χ4v) is 2.93. The molecule has 1 aromatic rings. The average Bonchev–Trinajstić information content (AvgIpc) is 3.07. The Bertz CT molecular complexity index is 353. The number of hydrogen-bond donors (Lipinski definition) is 1. The van der Waals surface area contributed by atoms with Crippen LogP contribution in [-0.4, -0.2) is 10.7 Å². The normalized spacial score (nSPS) is 38.0. The SMILES string of the molecule is CC1CC1(O)C1(c2ccccc2)CC1. The molecule has 2 unspecified atom stereocenters. The molecular weight excluding hydrogens is 172 g/mol. The smallest absolute Gasteiger partial charge is 0.0773 e. The lowest BCUT2D eigenvalue weighted by atomic mass is 9.87. The summed E-state index contributed by atoms with van der Waals surface area (Å²) in [4.78, 5) is 0. The predicted octanol–water partition coefficient (Wildman–Crippen LogP) is 2.49. The van der Waals surface area contributed by atoms with Crippen LogP contribution in [0.3, 0.4) is 0 Å². The van der Waals surface area contributed by atoms with Crippen molar-refractivity contribution in [3.63, 3.8) is 0 Å². The molecule has 1 nitrogen and oxygen atoms in total. The van der Waals surface area contributed by atoms with Gasteiger partial charge in [0.1, 0.15) is 0 Å². The van der Waals surface area contributed by atoms with Crippen molar-refractivity contribution >= 4 is 0 Å². The molecule has 0 aromatic heterocycles. The molecule has 2 saturated carbocycles. The standard InChI is InChI=1S/C13H16O/c1-10-9-13(10,14)12(7-8-12)11-5-3-2-4-6-11/h2-6,10,14H,7-9H2,1H3. The van der Waals surface area contributed by atoms with Crippen molar-refractivity contribution in [1.29, 1.82) is 0 Å². The molecule has 2 fully saturated rings. The molecule has 0 radical (unpaired) electrons. The summed E-state index contributed by atoms with van der Waals surface area (Å²) in [7, 11) is 0. The maximum absolute atomic E-state index is 10.4. The van der Waals surface area contributed by atoms with Gasteiger partial charge in [-0.2, -0.15) is 0 Å². The summed E-state index contributed by atoms with van der Waals surface area (Å²) >= 11 is 0. The first-order valence-electron chi connectivity index (χ1n) is 5.47. The highest BCUT2D eigenvalue weighted by atomic mass is 16.3. The van der Waals surface area contributed by atoms with Gasteiger partial charge in [0, 0.05) is 5.41 Å². The van der Waals surface area contributed by atoms with E-state index in [4.69, 9.17) is 0 Å². The molecule has 2 atom stereocenters. The third-order valence-corrected chi connectivity index (χ3v) is 4.18. The van der Waals surface area contributed by atoms with E-state index in [1.165, 1.54) is 5.56 Å². The van der Waals surface area contributed by atoms with Gasteiger partial charge in [-0.3, -0.25) is 0 Å². The zero-order chi connectivity index (χ0) is 9.81. The van der Waals surface area contributed by atoms with E-state index in [2.05, 4.69) is 31.2 Å². The molecule has 1 aromatic carbocycles.